The molecule has 0 saturated carbocycles. The van der Waals surface area contributed by atoms with Crippen LogP contribution in [0.15, 0.2) is 17.1 Å². The average molecular weight is 277 g/mol. The number of hydrogen-bond donors (Lipinski definition) is 1. The summed E-state index contributed by atoms with van der Waals surface area (Å²) in [7, 11) is 5.16. The quantitative estimate of drug-likeness (QED) is 0.674. The van der Waals surface area contributed by atoms with E-state index in [2.05, 4.69) is 34.3 Å². The van der Waals surface area contributed by atoms with Gasteiger partial charge in [-0.05, 0) is 36.6 Å². The molecule has 1 aliphatic heterocycles. The second kappa shape index (κ2) is 6.50. The van der Waals surface area contributed by atoms with E-state index in [1.54, 1.807) is 14.2 Å². The first-order chi connectivity index (χ1) is 9.73. The summed E-state index contributed by atoms with van der Waals surface area (Å²) in [5.41, 5.74) is 2.60. The number of guanidine groups is 1. The Kier molecular flexibility index (Phi) is 4.71. The van der Waals surface area contributed by atoms with Crippen molar-refractivity contribution in [3.8, 4) is 11.5 Å². The van der Waals surface area contributed by atoms with Gasteiger partial charge < -0.3 is 19.7 Å². The predicted octanol–water partition coefficient (Wildman–Crippen LogP) is 1.66. The van der Waals surface area contributed by atoms with Crippen LogP contribution in [0.2, 0.25) is 0 Å². The molecular formula is C15H23N3O2. The zero-order valence-electron chi connectivity index (χ0n) is 12.7. The molecule has 0 spiro atoms. The zero-order chi connectivity index (χ0) is 14.5. The highest BCUT2D eigenvalue weighted by Crippen LogP contribution is 2.33. The van der Waals surface area contributed by atoms with E-state index in [4.69, 9.17) is 9.47 Å². The van der Waals surface area contributed by atoms with E-state index < -0.39 is 0 Å². The number of ether oxygens (including phenoxy) is 2. The van der Waals surface area contributed by atoms with E-state index in [0.717, 1.165) is 43.5 Å². The van der Waals surface area contributed by atoms with Crippen molar-refractivity contribution in [2.75, 3.05) is 34.4 Å². The molecule has 0 amide bonds. The van der Waals surface area contributed by atoms with Gasteiger partial charge in [0.1, 0.15) is 0 Å². The molecule has 0 fully saturated rings. The highest BCUT2D eigenvalue weighted by molar-refractivity contribution is 5.80. The third kappa shape index (κ3) is 2.81. The van der Waals surface area contributed by atoms with Gasteiger partial charge in [0.2, 0.25) is 0 Å². The predicted molar refractivity (Wildman–Crippen MR) is 80.7 cm³/mol. The van der Waals surface area contributed by atoms with Crippen molar-refractivity contribution >= 4 is 5.96 Å². The molecule has 1 aromatic carbocycles. The third-order valence-corrected chi connectivity index (χ3v) is 3.56. The van der Waals surface area contributed by atoms with Gasteiger partial charge in [0.25, 0.3) is 0 Å². The Morgan fingerprint density at radius 3 is 2.45 bits per heavy atom. The lowest BCUT2D eigenvalue weighted by Gasteiger charge is -2.32. The first-order valence-corrected chi connectivity index (χ1v) is 6.92. The molecule has 0 saturated heterocycles. The summed E-state index contributed by atoms with van der Waals surface area (Å²) < 4.78 is 10.7. The van der Waals surface area contributed by atoms with Crippen molar-refractivity contribution in [3.63, 3.8) is 0 Å². The minimum Gasteiger partial charge on any atom is -0.493 e. The van der Waals surface area contributed by atoms with Crippen LogP contribution >= 0.6 is 0 Å². The van der Waals surface area contributed by atoms with E-state index in [-0.39, 0.29) is 0 Å². The molecule has 110 valence electrons. The van der Waals surface area contributed by atoms with Gasteiger partial charge in [0.05, 0.1) is 14.2 Å². The number of benzene rings is 1. The van der Waals surface area contributed by atoms with Crippen molar-refractivity contribution in [1.29, 1.82) is 0 Å². The number of hydrogen-bond acceptors (Lipinski definition) is 3. The van der Waals surface area contributed by atoms with Crippen LogP contribution in [0.3, 0.4) is 0 Å². The molecule has 2 rings (SSSR count). The molecule has 1 heterocycles. The Morgan fingerprint density at radius 2 is 1.90 bits per heavy atom. The first kappa shape index (κ1) is 14.5. The van der Waals surface area contributed by atoms with E-state index >= 15 is 0 Å². The van der Waals surface area contributed by atoms with Crippen LogP contribution in [0.25, 0.3) is 0 Å². The van der Waals surface area contributed by atoms with Gasteiger partial charge in [-0.3, -0.25) is 4.99 Å². The summed E-state index contributed by atoms with van der Waals surface area (Å²) in [5.74, 6) is 2.54. The van der Waals surface area contributed by atoms with E-state index in [1.807, 2.05) is 7.05 Å². The maximum absolute atomic E-state index is 5.38. The van der Waals surface area contributed by atoms with E-state index in [1.165, 1.54) is 11.1 Å². The SMILES string of the molecule is CCNC(=NC)N1CCc2cc(OC)c(OC)cc2C1. The normalized spacial score (nSPS) is 14.8. The minimum atomic E-state index is 0.784. The molecule has 0 aliphatic carbocycles. The monoisotopic (exact) mass is 277 g/mol. The van der Waals surface area contributed by atoms with Crippen molar-refractivity contribution in [1.82, 2.24) is 10.2 Å². The maximum Gasteiger partial charge on any atom is 0.193 e. The van der Waals surface area contributed by atoms with Crippen LogP contribution < -0.4 is 14.8 Å². The molecule has 1 aromatic rings. The van der Waals surface area contributed by atoms with Gasteiger partial charge in [-0.1, -0.05) is 0 Å². The second-order valence-corrected chi connectivity index (χ2v) is 4.73. The van der Waals surface area contributed by atoms with Crippen LogP contribution in [0.5, 0.6) is 11.5 Å². The van der Waals surface area contributed by atoms with E-state index in [0.29, 0.717) is 0 Å². The Morgan fingerprint density at radius 1 is 1.25 bits per heavy atom. The topological polar surface area (TPSA) is 46.1 Å². The number of aliphatic imine (C=N–C) groups is 1. The molecule has 0 radical (unpaired) electrons. The molecule has 20 heavy (non-hydrogen) atoms. The minimum absolute atomic E-state index is 0.784. The van der Waals surface area contributed by atoms with Gasteiger partial charge >= 0.3 is 0 Å². The standard InChI is InChI=1S/C15H23N3O2/c1-5-17-15(16-2)18-7-6-11-8-13(19-3)14(20-4)9-12(11)10-18/h8-9H,5-7,10H2,1-4H3,(H,16,17). The first-order valence-electron chi connectivity index (χ1n) is 6.92. The fourth-order valence-electron chi connectivity index (χ4n) is 2.55. The number of nitrogens with one attached hydrogen (secondary N) is 1. The molecule has 0 atom stereocenters. The molecule has 5 heteroatoms. The van der Waals surface area contributed by atoms with Crippen molar-refractivity contribution in [3.05, 3.63) is 23.3 Å². The largest absolute Gasteiger partial charge is 0.493 e. The number of rotatable bonds is 3. The van der Waals surface area contributed by atoms with Crippen LogP contribution in [0, 0.1) is 0 Å². The van der Waals surface area contributed by atoms with Crippen LogP contribution in [-0.2, 0) is 13.0 Å². The summed E-state index contributed by atoms with van der Waals surface area (Å²) >= 11 is 0. The molecule has 0 aromatic heterocycles. The Balaban J connectivity index is 2.25. The Bertz CT molecular complexity index is 500. The maximum atomic E-state index is 5.38. The summed E-state index contributed by atoms with van der Waals surface area (Å²) in [6.07, 6.45) is 0.986. The van der Waals surface area contributed by atoms with Crippen molar-refractivity contribution < 1.29 is 9.47 Å². The smallest absolute Gasteiger partial charge is 0.193 e. The van der Waals surface area contributed by atoms with Crippen LogP contribution in [0.1, 0.15) is 18.1 Å². The summed E-state index contributed by atoms with van der Waals surface area (Å²) in [6.45, 7) is 4.76. The summed E-state index contributed by atoms with van der Waals surface area (Å²) in [5, 5.41) is 3.30. The second-order valence-electron chi connectivity index (χ2n) is 4.73. The lowest BCUT2D eigenvalue weighted by atomic mass is 9.99. The average Bonchev–Trinajstić information content (AvgIpc) is 2.50. The molecule has 1 aliphatic rings. The molecule has 5 nitrogen and oxygen atoms in total. The van der Waals surface area contributed by atoms with Gasteiger partial charge in [-0.25, -0.2) is 0 Å². The van der Waals surface area contributed by atoms with Gasteiger partial charge in [-0.15, -0.1) is 0 Å². The molecule has 0 bridgehead atoms. The number of methoxy groups -OCH3 is 2. The lowest BCUT2D eigenvalue weighted by molar-refractivity contribution is 0.346. The highest BCUT2D eigenvalue weighted by atomic mass is 16.5. The fourth-order valence-corrected chi connectivity index (χ4v) is 2.55. The van der Waals surface area contributed by atoms with Crippen LogP contribution in [-0.4, -0.2) is 45.2 Å². The van der Waals surface area contributed by atoms with Crippen LogP contribution in [0.4, 0.5) is 0 Å². The van der Waals surface area contributed by atoms with Gasteiger partial charge in [0.15, 0.2) is 17.5 Å². The third-order valence-electron chi connectivity index (χ3n) is 3.56. The molecular weight excluding hydrogens is 254 g/mol. The van der Waals surface area contributed by atoms with Crippen molar-refractivity contribution in [2.45, 2.75) is 19.9 Å². The van der Waals surface area contributed by atoms with Gasteiger partial charge in [0, 0.05) is 26.7 Å². The molecule has 0 unspecified atom stereocenters. The Hall–Kier alpha value is -1.91. The van der Waals surface area contributed by atoms with E-state index in [9.17, 15) is 0 Å². The number of nitrogens with zero attached hydrogens (tertiary/aromatic N) is 2. The van der Waals surface area contributed by atoms with Gasteiger partial charge in [-0.2, -0.15) is 0 Å². The summed E-state index contributed by atoms with van der Waals surface area (Å²) in [6, 6.07) is 4.15. The number of fused-ring (bicyclic) bond motifs is 1. The Labute approximate surface area is 120 Å². The summed E-state index contributed by atoms with van der Waals surface area (Å²) in [4.78, 5) is 6.59. The van der Waals surface area contributed by atoms with Crippen molar-refractivity contribution in [2.24, 2.45) is 4.99 Å². The molecule has 1 N–H and O–H groups in total. The lowest BCUT2D eigenvalue weighted by Crippen LogP contribution is -2.43. The zero-order valence-corrected chi connectivity index (χ0v) is 12.7. The highest BCUT2D eigenvalue weighted by Gasteiger charge is 2.21. The fraction of sp³-hybridized carbons (Fsp3) is 0.533.